The lowest BCUT2D eigenvalue weighted by atomic mass is 9.92. The van der Waals surface area contributed by atoms with E-state index in [2.05, 4.69) is 67.4 Å². The highest BCUT2D eigenvalue weighted by atomic mass is 35.5. The van der Waals surface area contributed by atoms with E-state index >= 15 is 0 Å². The SMILES string of the molecule is Cc1ccc(-c2ccccc2-c2cccnc2CCl)cc1C. The van der Waals surface area contributed by atoms with Crippen LogP contribution in [0.15, 0.2) is 60.8 Å². The number of nitrogens with zero attached hydrogens (tertiary/aromatic N) is 1. The smallest absolute Gasteiger partial charge is 0.0653 e. The van der Waals surface area contributed by atoms with Crippen molar-refractivity contribution in [3.8, 4) is 22.3 Å². The summed E-state index contributed by atoms with van der Waals surface area (Å²) in [6.45, 7) is 4.29. The molecule has 0 unspecified atom stereocenters. The highest BCUT2D eigenvalue weighted by molar-refractivity contribution is 6.17. The number of aromatic nitrogens is 1. The molecule has 1 aromatic heterocycles. The van der Waals surface area contributed by atoms with Crippen molar-refractivity contribution in [1.29, 1.82) is 0 Å². The third-order valence-electron chi connectivity index (χ3n) is 4.05. The van der Waals surface area contributed by atoms with Crippen LogP contribution in [0.3, 0.4) is 0 Å². The van der Waals surface area contributed by atoms with Crippen molar-refractivity contribution >= 4 is 11.6 Å². The molecular formula is C20H18ClN. The molecule has 2 heteroatoms. The Labute approximate surface area is 136 Å². The van der Waals surface area contributed by atoms with Crippen LogP contribution in [0.2, 0.25) is 0 Å². The lowest BCUT2D eigenvalue weighted by Gasteiger charge is -2.13. The molecule has 1 nitrogen and oxygen atoms in total. The Morgan fingerprint density at radius 2 is 1.55 bits per heavy atom. The van der Waals surface area contributed by atoms with Crippen molar-refractivity contribution < 1.29 is 0 Å². The molecule has 22 heavy (non-hydrogen) atoms. The van der Waals surface area contributed by atoms with Gasteiger partial charge in [0.15, 0.2) is 0 Å². The molecule has 0 spiro atoms. The molecule has 3 aromatic rings. The summed E-state index contributed by atoms with van der Waals surface area (Å²) in [6.07, 6.45) is 1.79. The summed E-state index contributed by atoms with van der Waals surface area (Å²) in [5.74, 6) is 0.414. The van der Waals surface area contributed by atoms with Crippen LogP contribution in [0.5, 0.6) is 0 Å². The van der Waals surface area contributed by atoms with E-state index in [0.29, 0.717) is 5.88 Å². The Morgan fingerprint density at radius 3 is 2.27 bits per heavy atom. The summed E-state index contributed by atoms with van der Waals surface area (Å²) in [7, 11) is 0. The maximum Gasteiger partial charge on any atom is 0.0653 e. The minimum Gasteiger partial charge on any atom is -0.259 e. The maximum atomic E-state index is 6.06. The van der Waals surface area contributed by atoms with Crippen molar-refractivity contribution in [1.82, 2.24) is 4.98 Å². The molecule has 0 radical (unpaired) electrons. The molecule has 0 amide bonds. The zero-order valence-corrected chi connectivity index (χ0v) is 13.6. The first kappa shape index (κ1) is 14.8. The summed E-state index contributed by atoms with van der Waals surface area (Å²) in [6, 6.07) is 19.1. The number of rotatable bonds is 3. The monoisotopic (exact) mass is 307 g/mol. The predicted molar refractivity (Wildman–Crippen MR) is 94.1 cm³/mol. The topological polar surface area (TPSA) is 12.9 Å². The Bertz CT molecular complexity index is 808. The molecule has 0 aliphatic heterocycles. The number of aryl methyl sites for hydroxylation is 2. The van der Waals surface area contributed by atoms with Gasteiger partial charge in [0.05, 0.1) is 11.6 Å². The average Bonchev–Trinajstić information content (AvgIpc) is 2.57. The average molecular weight is 308 g/mol. The van der Waals surface area contributed by atoms with Crippen LogP contribution in [0.25, 0.3) is 22.3 Å². The van der Waals surface area contributed by atoms with Gasteiger partial charge in [-0.25, -0.2) is 0 Å². The first-order chi connectivity index (χ1) is 10.7. The summed E-state index contributed by atoms with van der Waals surface area (Å²) in [4.78, 5) is 4.41. The first-order valence-corrected chi connectivity index (χ1v) is 7.91. The van der Waals surface area contributed by atoms with E-state index in [0.717, 1.165) is 11.3 Å². The van der Waals surface area contributed by atoms with Gasteiger partial charge in [-0.15, -0.1) is 11.6 Å². The number of hydrogen-bond acceptors (Lipinski definition) is 1. The number of halogens is 1. The Balaban J connectivity index is 2.20. The number of alkyl halides is 1. The van der Waals surface area contributed by atoms with Gasteiger partial charge in [0.1, 0.15) is 0 Å². The standard InChI is InChI=1S/C20H18ClN/c1-14-9-10-16(12-15(14)2)17-6-3-4-7-18(17)19-8-5-11-22-20(19)13-21/h3-12H,13H2,1-2H3. The maximum absolute atomic E-state index is 6.06. The second-order valence-corrected chi connectivity index (χ2v) is 5.74. The predicted octanol–water partition coefficient (Wildman–Crippen LogP) is 5.77. The molecule has 0 saturated carbocycles. The van der Waals surface area contributed by atoms with Gasteiger partial charge < -0.3 is 0 Å². The van der Waals surface area contributed by atoms with Gasteiger partial charge in [-0.1, -0.05) is 48.5 Å². The fourth-order valence-corrected chi connectivity index (χ4v) is 2.88. The van der Waals surface area contributed by atoms with Gasteiger partial charge in [-0.2, -0.15) is 0 Å². The second-order valence-electron chi connectivity index (χ2n) is 5.48. The largest absolute Gasteiger partial charge is 0.259 e. The Hall–Kier alpha value is -2.12. The third-order valence-corrected chi connectivity index (χ3v) is 4.31. The van der Waals surface area contributed by atoms with Crippen LogP contribution in [-0.2, 0) is 5.88 Å². The molecule has 2 aromatic carbocycles. The van der Waals surface area contributed by atoms with E-state index in [-0.39, 0.29) is 0 Å². The van der Waals surface area contributed by atoms with Gasteiger partial charge in [0.25, 0.3) is 0 Å². The lowest BCUT2D eigenvalue weighted by molar-refractivity contribution is 1.17. The van der Waals surface area contributed by atoms with E-state index < -0.39 is 0 Å². The third kappa shape index (κ3) is 2.77. The molecule has 0 bridgehead atoms. The van der Waals surface area contributed by atoms with Crippen molar-refractivity contribution in [3.63, 3.8) is 0 Å². The number of hydrogen-bond donors (Lipinski definition) is 0. The normalized spacial score (nSPS) is 10.7. The number of pyridine rings is 1. The molecule has 0 N–H and O–H groups in total. The van der Waals surface area contributed by atoms with Gasteiger partial charge in [-0.05, 0) is 47.7 Å². The molecule has 0 saturated heterocycles. The quantitative estimate of drug-likeness (QED) is 0.560. The van der Waals surface area contributed by atoms with Gasteiger partial charge in [0, 0.05) is 11.8 Å². The first-order valence-electron chi connectivity index (χ1n) is 7.37. The van der Waals surface area contributed by atoms with Crippen LogP contribution in [0, 0.1) is 13.8 Å². The van der Waals surface area contributed by atoms with E-state index in [9.17, 15) is 0 Å². The highest BCUT2D eigenvalue weighted by Gasteiger charge is 2.11. The molecule has 3 rings (SSSR count). The van der Waals surface area contributed by atoms with E-state index in [1.165, 1.54) is 27.8 Å². The number of benzene rings is 2. The molecule has 110 valence electrons. The Kier molecular flexibility index (Phi) is 4.26. The van der Waals surface area contributed by atoms with Crippen molar-refractivity contribution in [2.45, 2.75) is 19.7 Å². The molecule has 0 aliphatic carbocycles. The fraction of sp³-hybridized carbons (Fsp3) is 0.150. The van der Waals surface area contributed by atoms with Gasteiger partial charge in [0.2, 0.25) is 0 Å². The van der Waals surface area contributed by atoms with Crippen LogP contribution in [0.1, 0.15) is 16.8 Å². The minimum atomic E-state index is 0.414. The molecular weight excluding hydrogens is 290 g/mol. The van der Waals surface area contributed by atoms with Crippen LogP contribution in [0.4, 0.5) is 0 Å². The van der Waals surface area contributed by atoms with Gasteiger partial charge in [-0.3, -0.25) is 4.98 Å². The van der Waals surface area contributed by atoms with Gasteiger partial charge >= 0.3 is 0 Å². The zero-order valence-electron chi connectivity index (χ0n) is 12.8. The van der Waals surface area contributed by atoms with Crippen LogP contribution in [-0.4, -0.2) is 4.98 Å². The van der Waals surface area contributed by atoms with Crippen molar-refractivity contribution in [2.24, 2.45) is 0 Å². The molecule has 0 atom stereocenters. The highest BCUT2D eigenvalue weighted by Crippen LogP contribution is 2.34. The van der Waals surface area contributed by atoms with E-state index in [4.69, 9.17) is 11.6 Å². The Morgan fingerprint density at radius 1 is 0.818 bits per heavy atom. The summed E-state index contributed by atoms with van der Waals surface area (Å²) in [5.41, 5.74) is 8.24. The summed E-state index contributed by atoms with van der Waals surface area (Å²) >= 11 is 6.06. The van der Waals surface area contributed by atoms with Crippen molar-refractivity contribution in [2.75, 3.05) is 0 Å². The summed E-state index contributed by atoms with van der Waals surface area (Å²) < 4.78 is 0. The molecule has 1 heterocycles. The van der Waals surface area contributed by atoms with Crippen LogP contribution < -0.4 is 0 Å². The molecule has 0 aliphatic rings. The second kappa shape index (κ2) is 6.33. The minimum absolute atomic E-state index is 0.414. The molecule has 0 fully saturated rings. The lowest BCUT2D eigenvalue weighted by Crippen LogP contribution is -1.93. The fourth-order valence-electron chi connectivity index (χ4n) is 2.67. The zero-order chi connectivity index (χ0) is 15.5. The van der Waals surface area contributed by atoms with E-state index in [1.54, 1.807) is 6.20 Å². The van der Waals surface area contributed by atoms with E-state index in [1.807, 2.05) is 6.07 Å². The van der Waals surface area contributed by atoms with Crippen molar-refractivity contribution in [3.05, 3.63) is 77.6 Å². The van der Waals surface area contributed by atoms with Crippen LogP contribution >= 0.6 is 11.6 Å². The summed E-state index contributed by atoms with van der Waals surface area (Å²) in [5, 5.41) is 0.